The predicted octanol–water partition coefficient (Wildman–Crippen LogP) is 3.54. The quantitative estimate of drug-likeness (QED) is 0.822. The molecule has 2 heteroatoms. The normalized spacial score (nSPS) is 44.3. The lowest BCUT2D eigenvalue weighted by Crippen LogP contribution is -2.56. The van der Waals surface area contributed by atoms with Crippen LogP contribution in [0.5, 0.6) is 0 Å². The molecule has 0 aromatic heterocycles. The minimum absolute atomic E-state index is 0.397. The van der Waals surface area contributed by atoms with Crippen molar-refractivity contribution >= 4 is 11.8 Å². The highest BCUT2D eigenvalue weighted by molar-refractivity contribution is 7.99. The van der Waals surface area contributed by atoms with Gasteiger partial charge < -0.3 is 5.32 Å². The lowest BCUT2D eigenvalue weighted by molar-refractivity contribution is -0.0139. The van der Waals surface area contributed by atoms with Crippen LogP contribution in [0, 0.1) is 23.7 Å². The Kier molecular flexibility index (Phi) is 3.23. The standard InChI is InChI=1S/C15H27NS/c1-15(2,17-3)9-16-14-12-5-10-4-11(7-12)8-13(14)6-10/h10-14,16H,4-9H2,1-3H3. The summed E-state index contributed by atoms with van der Waals surface area (Å²) in [6, 6.07) is 0.856. The first-order valence-corrected chi connectivity index (χ1v) is 8.58. The van der Waals surface area contributed by atoms with Gasteiger partial charge in [0.25, 0.3) is 0 Å². The topological polar surface area (TPSA) is 12.0 Å². The largest absolute Gasteiger partial charge is 0.312 e. The zero-order valence-corrected chi connectivity index (χ0v) is 12.4. The molecule has 4 fully saturated rings. The molecule has 0 aliphatic heterocycles. The van der Waals surface area contributed by atoms with E-state index >= 15 is 0 Å². The first-order chi connectivity index (χ1) is 8.07. The zero-order valence-electron chi connectivity index (χ0n) is 11.5. The van der Waals surface area contributed by atoms with Crippen LogP contribution >= 0.6 is 11.8 Å². The molecular formula is C15H27NS. The van der Waals surface area contributed by atoms with Crippen LogP contribution in [0.25, 0.3) is 0 Å². The van der Waals surface area contributed by atoms with E-state index in [0.29, 0.717) is 4.75 Å². The molecule has 98 valence electrons. The Morgan fingerprint density at radius 1 is 1.00 bits per heavy atom. The molecular weight excluding hydrogens is 226 g/mol. The Hall–Kier alpha value is 0.310. The summed E-state index contributed by atoms with van der Waals surface area (Å²) in [6.45, 7) is 5.91. The average Bonchev–Trinajstić information content (AvgIpc) is 2.27. The molecule has 0 unspecified atom stereocenters. The molecule has 0 heterocycles. The van der Waals surface area contributed by atoms with Crippen molar-refractivity contribution in [2.24, 2.45) is 23.7 Å². The van der Waals surface area contributed by atoms with E-state index in [1.54, 1.807) is 6.42 Å². The minimum Gasteiger partial charge on any atom is -0.312 e. The first kappa shape index (κ1) is 12.3. The van der Waals surface area contributed by atoms with Gasteiger partial charge in [-0.15, -0.1) is 0 Å². The second-order valence-corrected chi connectivity index (χ2v) is 8.81. The van der Waals surface area contributed by atoms with Crippen molar-refractivity contribution in [3.8, 4) is 0 Å². The van der Waals surface area contributed by atoms with Gasteiger partial charge in [0.05, 0.1) is 0 Å². The van der Waals surface area contributed by atoms with Crippen LogP contribution in [0.4, 0.5) is 0 Å². The molecule has 0 spiro atoms. The van der Waals surface area contributed by atoms with E-state index in [-0.39, 0.29) is 0 Å². The second-order valence-electron chi connectivity index (χ2n) is 7.30. The Balaban J connectivity index is 1.61. The highest BCUT2D eigenvalue weighted by Crippen LogP contribution is 2.53. The molecule has 1 nitrogen and oxygen atoms in total. The van der Waals surface area contributed by atoms with Gasteiger partial charge in [0.1, 0.15) is 0 Å². The molecule has 0 atom stereocenters. The van der Waals surface area contributed by atoms with Crippen molar-refractivity contribution in [1.82, 2.24) is 5.32 Å². The van der Waals surface area contributed by atoms with Crippen LogP contribution in [0.1, 0.15) is 46.0 Å². The second kappa shape index (κ2) is 4.45. The van der Waals surface area contributed by atoms with E-state index in [2.05, 4.69) is 25.4 Å². The van der Waals surface area contributed by atoms with Crippen LogP contribution in [-0.2, 0) is 0 Å². The molecule has 0 aromatic rings. The maximum atomic E-state index is 3.94. The van der Waals surface area contributed by atoms with Crippen molar-refractivity contribution in [1.29, 1.82) is 0 Å². The van der Waals surface area contributed by atoms with Crippen LogP contribution in [-0.4, -0.2) is 23.6 Å². The maximum absolute atomic E-state index is 3.94. The summed E-state index contributed by atoms with van der Waals surface area (Å²) in [4.78, 5) is 0. The summed E-state index contributed by atoms with van der Waals surface area (Å²) >= 11 is 1.99. The Morgan fingerprint density at radius 2 is 1.53 bits per heavy atom. The molecule has 0 amide bonds. The fraction of sp³-hybridized carbons (Fsp3) is 1.00. The average molecular weight is 253 g/mol. The number of thioether (sulfide) groups is 1. The summed E-state index contributed by atoms with van der Waals surface area (Å²) in [5, 5.41) is 3.94. The fourth-order valence-corrected chi connectivity index (χ4v) is 4.92. The van der Waals surface area contributed by atoms with Crippen molar-refractivity contribution in [3.05, 3.63) is 0 Å². The van der Waals surface area contributed by atoms with Crippen molar-refractivity contribution in [2.45, 2.75) is 56.7 Å². The molecule has 0 saturated heterocycles. The number of nitrogens with one attached hydrogen (secondary N) is 1. The van der Waals surface area contributed by atoms with Crippen molar-refractivity contribution in [2.75, 3.05) is 12.8 Å². The van der Waals surface area contributed by atoms with Crippen LogP contribution in [0.15, 0.2) is 0 Å². The van der Waals surface area contributed by atoms with Gasteiger partial charge in [-0.25, -0.2) is 0 Å². The highest BCUT2D eigenvalue weighted by Gasteiger charge is 2.48. The summed E-state index contributed by atoms with van der Waals surface area (Å²) in [5.74, 6) is 4.24. The lowest BCUT2D eigenvalue weighted by Gasteiger charge is -2.55. The molecule has 0 radical (unpaired) electrons. The van der Waals surface area contributed by atoms with Crippen molar-refractivity contribution < 1.29 is 0 Å². The number of hydrogen-bond donors (Lipinski definition) is 1. The smallest absolute Gasteiger partial charge is 0.0225 e. The first-order valence-electron chi connectivity index (χ1n) is 7.36. The SMILES string of the molecule is CSC(C)(C)CNC1C2CC3CC(C2)CC1C3. The third kappa shape index (κ3) is 2.40. The lowest BCUT2D eigenvalue weighted by atomic mass is 9.54. The molecule has 17 heavy (non-hydrogen) atoms. The monoisotopic (exact) mass is 253 g/mol. The summed E-state index contributed by atoms with van der Waals surface area (Å²) in [7, 11) is 0. The van der Waals surface area contributed by atoms with Crippen molar-refractivity contribution in [3.63, 3.8) is 0 Å². The van der Waals surface area contributed by atoms with Gasteiger partial charge in [0, 0.05) is 17.3 Å². The van der Waals surface area contributed by atoms with E-state index in [1.807, 2.05) is 11.8 Å². The van der Waals surface area contributed by atoms with Gasteiger partial charge in [-0.2, -0.15) is 11.8 Å². The highest BCUT2D eigenvalue weighted by atomic mass is 32.2. The van der Waals surface area contributed by atoms with Gasteiger partial charge in [-0.3, -0.25) is 0 Å². The third-order valence-electron chi connectivity index (χ3n) is 5.54. The van der Waals surface area contributed by atoms with Crippen LogP contribution < -0.4 is 5.32 Å². The summed E-state index contributed by atoms with van der Waals surface area (Å²) in [5.41, 5.74) is 0. The zero-order chi connectivity index (χ0) is 12.0. The van der Waals surface area contributed by atoms with Gasteiger partial charge in [-0.1, -0.05) is 0 Å². The van der Waals surface area contributed by atoms with E-state index < -0.39 is 0 Å². The van der Waals surface area contributed by atoms with Gasteiger partial charge in [0.15, 0.2) is 0 Å². The maximum Gasteiger partial charge on any atom is 0.0225 e. The number of rotatable bonds is 4. The molecule has 0 aromatic carbocycles. The molecule has 1 N–H and O–H groups in total. The molecule has 4 rings (SSSR count). The molecule has 4 bridgehead atoms. The molecule has 4 aliphatic rings. The Labute approximate surface area is 111 Å². The van der Waals surface area contributed by atoms with E-state index in [9.17, 15) is 0 Å². The molecule has 4 aliphatic carbocycles. The minimum atomic E-state index is 0.397. The van der Waals surface area contributed by atoms with Gasteiger partial charge >= 0.3 is 0 Å². The van der Waals surface area contributed by atoms with Crippen LogP contribution in [0.3, 0.4) is 0 Å². The fourth-order valence-electron chi connectivity index (χ4n) is 4.69. The number of hydrogen-bond acceptors (Lipinski definition) is 2. The van der Waals surface area contributed by atoms with E-state index in [0.717, 1.165) is 29.7 Å². The Morgan fingerprint density at radius 3 is 2.00 bits per heavy atom. The van der Waals surface area contributed by atoms with Crippen LogP contribution in [0.2, 0.25) is 0 Å². The summed E-state index contributed by atoms with van der Waals surface area (Å²) in [6.07, 6.45) is 9.93. The predicted molar refractivity (Wildman–Crippen MR) is 76.4 cm³/mol. The van der Waals surface area contributed by atoms with E-state index in [1.165, 1.54) is 32.2 Å². The van der Waals surface area contributed by atoms with Gasteiger partial charge in [-0.05, 0) is 75.9 Å². The van der Waals surface area contributed by atoms with E-state index in [4.69, 9.17) is 0 Å². The Bertz CT molecular complexity index is 259. The molecule has 4 saturated carbocycles. The third-order valence-corrected chi connectivity index (χ3v) is 6.79. The summed E-state index contributed by atoms with van der Waals surface area (Å²) < 4.78 is 0.397. The van der Waals surface area contributed by atoms with Gasteiger partial charge in [0.2, 0.25) is 0 Å².